The van der Waals surface area contributed by atoms with E-state index in [4.69, 9.17) is 9.97 Å². The van der Waals surface area contributed by atoms with Crippen molar-refractivity contribution in [2.24, 2.45) is 0 Å². The standard InChI is InChI=1S/C69H45N3/c1-5-19-48(20-6-1)68-70-64(47-35-33-46(34-36-47)49-37-39-58-57-29-15-17-31-62(57)69(63(58)43-49,51-21-7-2-8-22-51)52-23-9-3-10-24-52)45-65(71-68)59-42-41-54(55-27-13-14-28-56(55)59)50-38-40-61-60-30-16-18-32-66(60)72(67(61)44-50)53-25-11-4-12-26-53/h1-45H. The molecule has 0 aliphatic heterocycles. The molecule has 1 aliphatic rings. The Bertz CT molecular complexity index is 4140. The van der Waals surface area contributed by atoms with E-state index in [0.29, 0.717) is 5.82 Å². The van der Waals surface area contributed by atoms with Crippen LogP contribution in [0.2, 0.25) is 0 Å². The molecule has 0 saturated heterocycles. The van der Waals surface area contributed by atoms with Gasteiger partial charge in [0.15, 0.2) is 5.82 Å². The van der Waals surface area contributed by atoms with Gasteiger partial charge in [0.05, 0.1) is 27.8 Å². The fraction of sp³-hybridized carbons (Fsp3) is 0.0145. The van der Waals surface area contributed by atoms with Gasteiger partial charge in [0, 0.05) is 33.2 Å². The van der Waals surface area contributed by atoms with Gasteiger partial charge in [-0.25, -0.2) is 9.97 Å². The Labute approximate surface area is 418 Å². The SMILES string of the molecule is c1ccc(-c2nc(-c3ccc(-c4ccc5c(c4)C(c4ccccc4)(c4ccccc4)c4ccccc4-5)cc3)cc(-c3ccc(-c4ccc5c6ccccc6n(-c6ccccc6)c5c4)c4ccccc34)n2)cc1. The summed E-state index contributed by atoms with van der Waals surface area (Å²) in [5.74, 6) is 0.691. The van der Waals surface area contributed by atoms with Gasteiger partial charge in [0.25, 0.3) is 0 Å². The fourth-order valence-corrected chi connectivity index (χ4v) is 11.7. The minimum absolute atomic E-state index is 0.463. The summed E-state index contributed by atoms with van der Waals surface area (Å²) in [6.07, 6.45) is 0. The maximum absolute atomic E-state index is 5.33. The second kappa shape index (κ2) is 16.9. The van der Waals surface area contributed by atoms with Gasteiger partial charge < -0.3 is 4.57 Å². The first kappa shape index (κ1) is 41.5. The first-order valence-corrected chi connectivity index (χ1v) is 24.7. The molecule has 2 aromatic heterocycles. The Morgan fingerprint density at radius 1 is 0.278 bits per heavy atom. The Balaban J connectivity index is 0.876. The highest BCUT2D eigenvalue weighted by Crippen LogP contribution is 2.56. The summed E-state index contributed by atoms with van der Waals surface area (Å²) in [5, 5.41) is 4.79. The molecule has 0 unspecified atom stereocenters. The molecule has 2 heterocycles. The average molecular weight is 916 g/mol. The number of hydrogen-bond acceptors (Lipinski definition) is 2. The molecule has 0 fully saturated rings. The number of hydrogen-bond donors (Lipinski definition) is 0. The van der Waals surface area contributed by atoms with Crippen LogP contribution in [0.1, 0.15) is 22.3 Å². The van der Waals surface area contributed by atoms with Crippen molar-refractivity contribution in [2.75, 3.05) is 0 Å². The van der Waals surface area contributed by atoms with Crippen molar-refractivity contribution in [1.82, 2.24) is 14.5 Å². The van der Waals surface area contributed by atoms with E-state index in [0.717, 1.165) is 50.3 Å². The topological polar surface area (TPSA) is 30.7 Å². The number of aromatic nitrogens is 3. The van der Waals surface area contributed by atoms with Gasteiger partial charge in [-0.05, 0) is 103 Å². The lowest BCUT2D eigenvalue weighted by molar-refractivity contribution is 0.769. The lowest BCUT2D eigenvalue weighted by atomic mass is 9.67. The molecule has 0 amide bonds. The summed E-state index contributed by atoms with van der Waals surface area (Å²) in [6, 6.07) is 98.9. The van der Waals surface area contributed by atoms with Crippen LogP contribution in [-0.2, 0) is 5.41 Å². The van der Waals surface area contributed by atoms with Crippen LogP contribution in [-0.4, -0.2) is 14.5 Å². The Morgan fingerprint density at radius 2 is 0.792 bits per heavy atom. The van der Waals surface area contributed by atoms with Crippen LogP contribution in [0.4, 0.5) is 0 Å². The molecule has 0 N–H and O–H groups in total. The summed E-state index contributed by atoms with van der Waals surface area (Å²) in [6.45, 7) is 0. The van der Waals surface area contributed by atoms with Crippen LogP contribution < -0.4 is 0 Å². The second-order valence-corrected chi connectivity index (χ2v) is 18.8. The van der Waals surface area contributed by atoms with Gasteiger partial charge in [-0.1, -0.05) is 237 Å². The molecule has 11 aromatic carbocycles. The van der Waals surface area contributed by atoms with E-state index in [2.05, 4.69) is 271 Å². The Hall–Kier alpha value is -9.44. The van der Waals surface area contributed by atoms with E-state index in [9.17, 15) is 0 Å². The van der Waals surface area contributed by atoms with Gasteiger partial charge in [-0.15, -0.1) is 0 Å². The molecule has 3 heteroatoms. The first-order valence-electron chi connectivity index (χ1n) is 24.7. The molecule has 1 aliphatic carbocycles. The lowest BCUT2D eigenvalue weighted by Gasteiger charge is -2.34. The number of benzene rings is 11. The van der Waals surface area contributed by atoms with Crippen molar-refractivity contribution in [3.63, 3.8) is 0 Å². The van der Waals surface area contributed by atoms with Gasteiger partial charge in [-0.2, -0.15) is 0 Å². The van der Waals surface area contributed by atoms with Crippen molar-refractivity contribution < 1.29 is 0 Å². The Morgan fingerprint density at radius 3 is 1.53 bits per heavy atom. The van der Waals surface area contributed by atoms with Gasteiger partial charge >= 0.3 is 0 Å². The predicted molar refractivity (Wildman–Crippen MR) is 298 cm³/mol. The normalized spacial score (nSPS) is 12.6. The molecular weight excluding hydrogens is 871 g/mol. The summed E-state index contributed by atoms with van der Waals surface area (Å²) in [7, 11) is 0. The molecule has 336 valence electrons. The van der Waals surface area contributed by atoms with Crippen molar-refractivity contribution in [2.45, 2.75) is 5.41 Å². The summed E-state index contributed by atoms with van der Waals surface area (Å²) in [5.41, 5.74) is 20.2. The van der Waals surface area contributed by atoms with Crippen LogP contribution in [0.15, 0.2) is 273 Å². The first-order chi connectivity index (χ1) is 35.7. The molecular formula is C69H45N3. The monoisotopic (exact) mass is 915 g/mol. The van der Waals surface area contributed by atoms with Gasteiger partial charge in [0.2, 0.25) is 0 Å². The highest BCUT2D eigenvalue weighted by atomic mass is 15.0. The van der Waals surface area contributed by atoms with E-state index < -0.39 is 5.41 Å². The maximum atomic E-state index is 5.33. The zero-order valence-corrected chi connectivity index (χ0v) is 39.3. The highest BCUT2D eigenvalue weighted by Gasteiger charge is 2.46. The van der Waals surface area contributed by atoms with E-state index in [1.807, 2.05) is 6.07 Å². The van der Waals surface area contributed by atoms with Crippen LogP contribution >= 0.6 is 0 Å². The predicted octanol–water partition coefficient (Wildman–Crippen LogP) is 17.4. The average Bonchev–Trinajstić information content (AvgIpc) is 3.96. The molecule has 13 aromatic rings. The lowest BCUT2D eigenvalue weighted by Crippen LogP contribution is -2.28. The number of para-hydroxylation sites is 2. The number of fused-ring (bicyclic) bond motifs is 7. The third-order valence-corrected chi connectivity index (χ3v) is 14.9. The molecule has 0 saturated carbocycles. The molecule has 72 heavy (non-hydrogen) atoms. The minimum atomic E-state index is -0.463. The van der Waals surface area contributed by atoms with Crippen LogP contribution in [0.5, 0.6) is 0 Å². The van der Waals surface area contributed by atoms with E-state index >= 15 is 0 Å². The molecule has 0 radical (unpaired) electrons. The quantitative estimate of drug-likeness (QED) is 0.152. The van der Waals surface area contributed by atoms with Gasteiger partial charge in [-0.3, -0.25) is 0 Å². The summed E-state index contributed by atoms with van der Waals surface area (Å²) >= 11 is 0. The summed E-state index contributed by atoms with van der Waals surface area (Å²) in [4.78, 5) is 10.6. The van der Waals surface area contributed by atoms with Crippen LogP contribution in [0.3, 0.4) is 0 Å². The third-order valence-electron chi connectivity index (χ3n) is 14.9. The van der Waals surface area contributed by atoms with Crippen molar-refractivity contribution in [3.05, 3.63) is 295 Å². The molecule has 14 rings (SSSR count). The largest absolute Gasteiger partial charge is 0.309 e. The summed E-state index contributed by atoms with van der Waals surface area (Å²) < 4.78 is 2.39. The van der Waals surface area contributed by atoms with Crippen molar-refractivity contribution in [1.29, 1.82) is 0 Å². The van der Waals surface area contributed by atoms with E-state index in [1.54, 1.807) is 0 Å². The number of rotatable bonds is 8. The maximum Gasteiger partial charge on any atom is 0.160 e. The van der Waals surface area contributed by atoms with E-state index in [-0.39, 0.29) is 0 Å². The molecule has 0 spiro atoms. The van der Waals surface area contributed by atoms with Crippen LogP contribution in [0, 0.1) is 0 Å². The molecule has 3 nitrogen and oxygen atoms in total. The minimum Gasteiger partial charge on any atom is -0.309 e. The van der Waals surface area contributed by atoms with Crippen molar-refractivity contribution in [3.8, 4) is 73.0 Å². The highest BCUT2D eigenvalue weighted by molar-refractivity contribution is 6.12. The zero-order chi connectivity index (χ0) is 47.6. The molecule has 0 bridgehead atoms. The Kier molecular flexibility index (Phi) is 9.75. The van der Waals surface area contributed by atoms with E-state index in [1.165, 1.54) is 71.7 Å². The smallest absolute Gasteiger partial charge is 0.160 e. The zero-order valence-electron chi connectivity index (χ0n) is 39.3. The molecule has 0 atom stereocenters. The third kappa shape index (κ3) is 6.59. The number of nitrogens with zero attached hydrogens (tertiary/aromatic N) is 3. The van der Waals surface area contributed by atoms with Crippen LogP contribution in [0.25, 0.3) is 106 Å². The second-order valence-electron chi connectivity index (χ2n) is 18.8. The van der Waals surface area contributed by atoms with Crippen molar-refractivity contribution >= 4 is 32.6 Å². The van der Waals surface area contributed by atoms with Gasteiger partial charge in [0.1, 0.15) is 0 Å². The fourth-order valence-electron chi connectivity index (χ4n) is 11.7.